The van der Waals surface area contributed by atoms with Crippen molar-refractivity contribution in [3.63, 3.8) is 0 Å². The summed E-state index contributed by atoms with van der Waals surface area (Å²) in [6, 6.07) is 1.56. The Morgan fingerprint density at radius 3 is 2.24 bits per heavy atom. The molecule has 118 valence electrons. The number of benzene rings is 1. The molecule has 2 unspecified atom stereocenters. The molecule has 2 atom stereocenters. The van der Waals surface area contributed by atoms with Crippen molar-refractivity contribution < 1.29 is 31.1 Å². The van der Waals surface area contributed by atoms with Crippen LogP contribution in [0.4, 0.5) is 26.3 Å². The molecule has 21 heavy (non-hydrogen) atoms. The molecule has 0 amide bonds. The number of ether oxygens (including phenoxy) is 1. The first-order chi connectivity index (χ1) is 9.50. The third-order valence-electron chi connectivity index (χ3n) is 3.37. The molecular formula is C13H13F6NO. The molecule has 2 N–H and O–H groups in total. The van der Waals surface area contributed by atoms with Crippen molar-refractivity contribution in [1.29, 1.82) is 0 Å². The average molecular weight is 313 g/mol. The first-order valence-electron chi connectivity index (χ1n) is 6.18. The van der Waals surface area contributed by atoms with Gasteiger partial charge in [-0.25, -0.2) is 0 Å². The van der Waals surface area contributed by atoms with Gasteiger partial charge >= 0.3 is 12.4 Å². The van der Waals surface area contributed by atoms with Gasteiger partial charge in [0.15, 0.2) is 5.92 Å². The van der Waals surface area contributed by atoms with Crippen LogP contribution in [0.3, 0.4) is 0 Å². The second-order valence-corrected chi connectivity index (χ2v) is 5.09. The van der Waals surface area contributed by atoms with Gasteiger partial charge in [0.05, 0.1) is 6.04 Å². The average Bonchev–Trinajstić information content (AvgIpc) is 2.63. The maximum atomic E-state index is 12.7. The van der Waals surface area contributed by atoms with E-state index in [-0.39, 0.29) is 11.7 Å². The predicted octanol–water partition coefficient (Wildman–Crippen LogP) is 3.75. The van der Waals surface area contributed by atoms with Gasteiger partial charge in [-0.2, -0.15) is 26.3 Å². The summed E-state index contributed by atoms with van der Waals surface area (Å²) in [5.41, 5.74) is 5.62. The van der Waals surface area contributed by atoms with Crippen LogP contribution in [-0.2, 0) is 6.42 Å². The molecule has 1 heterocycles. The summed E-state index contributed by atoms with van der Waals surface area (Å²) in [6.07, 6.45) is -10.6. The van der Waals surface area contributed by atoms with Gasteiger partial charge < -0.3 is 10.5 Å². The van der Waals surface area contributed by atoms with Gasteiger partial charge in [0.25, 0.3) is 0 Å². The highest BCUT2D eigenvalue weighted by atomic mass is 19.4. The molecule has 0 spiro atoms. The molecular weight excluding hydrogens is 300 g/mol. The minimum atomic E-state index is -5.46. The lowest BCUT2D eigenvalue weighted by molar-refractivity contribution is -0.290. The summed E-state index contributed by atoms with van der Waals surface area (Å²) in [5, 5.41) is 0. The molecule has 1 aromatic carbocycles. The van der Waals surface area contributed by atoms with Gasteiger partial charge in [-0.3, -0.25) is 0 Å². The van der Waals surface area contributed by atoms with Crippen LogP contribution in [0, 0.1) is 5.92 Å². The third-order valence-corrected chi connectivity index (χ3v) is 3.37. The molecule has 0 fully saturated rings. The van der Waals surface area contributed by atoms with Crippen LogP contribution < -0.4 is 10.5 Å². The molecule has 1 aromatic rings. The topological polar surface area (TPSA) is 35.2 Å². The summed E-state index contributed by atoms with van der Waals surface area (Å²) >= 11 is 0. The summed E-state index contributed by atoms with van der Waals surface area (Å²) in [4.78, 5) is 0. The second kappa shape index (κ2) is 5.08. The first-order valence-corrected chi connectivity index (χ1v) is 6.18. The molecule has 0 saturated heterocycles. The number of nitrogens with two attached hydrogens (primary N) is 1. The highest BCUT2D eigenvalue weighted by Gasteiger charge is 2.59. The number of rotatable bonds is 2. The third kappa shape index (κ3) is 3.25. The fourth-order valence-electron chi connectivity index (χ4n) is 2.43. The monoisotopic (exact) mass is 313 g/mol. The Morgan fingerprint density at radius 2 is 1.71 bits per heavy atom. The minimum absolute atomic E-state index is 0.160. The molecule has 1 aliphatic heterocycles. The Bertz CT molecular complexity index is 510. The Morgan fingerprint density at radius 1 is 1.14 bits per heavy atom. The fourth-order valence-corrected chi connectivity index (χ4v) is 2.43. The Kier molecular flexibility index (Phi) is 3.86. The van der Waals surface area contributed by atoms with Crippen molar-refractivity contribution in [1.82, 2.24) is 0 Å². The van der Waals surface area contributed by atoms with Crippen LogP contribution in [0.15, 0.2) is 18.2 Å². The molecule has 1 aliphatic rings. The molecule has 0 saturated carbocycles. The van der Waals surface area contributed by atoms with Gasteiger partial charge in [-0.1, -0.05) is 12.1 Å². The van der Waals surface area contributed by atoms with Crippen LogP contribution in [0.25, 0.3) is 0 Å². The Labute approximate surface area is 116 Å². The van der Waals surface area contributed by atoms with Gasteiger partial charge in [-0.05, 0) is 24.1 Å². The van der Waals surface area contributed by atoms with Crippen molar-refractivity contribution in [3.8, 4) is 5.75 Å². The predicted molar refractivity (Wildman–Crippen MR) is 62.8 cm³/mol. The molecule has 0 aliphatic carbocycles. The summed E-state index contributed by atoms with van der Waals surface area (Å²) in [5.74, 6) is -3.13. The van der Waals surface area contributed by atoms with Crippen LogP contribution in [0.2, 0.25) is 0 Å². The number of alkyl halides is 6. The zero-order chi connectivity index (χ0) is 16.0. The summed E-state index contributed by atoms with van der Waals surface area (Å²) < 4.78 is 81.3. The van der Waals surface area contributed by atoms with E-state index in [2.05, 4.69) is 0 Å². The van der Waals surface area contributed by atoms with E-state index >= 15 is 0 Å². The lowest BCUT2D eigenvalue weighted by atomic mass is 9.91. The van der Waals surface area contributed by atoms with E-state index in [0.29, 0.717) is 17.7 Å². The molecule has 0 radical (unpaired) electrons. The van der Waals surface area contributed by atoms with E-state index in [9.17, 15) is 26.3 Å². The highest BCUT2D eigenvalue weighted by molar-refractivity contribution is 5.41. The zero-order valence-corrected chi connectivity index (χ0v) is 10.9. The van der Waals surface area contributed by atoms with Crippen molar-refractivity contribution in [3.05, 3.63) is 29.3 Å². The number of hydrogen-bond donors (Lipinski definition) is 1. The van der Waals surface area contributed by atoms with Crippen molar-refractivity contribution in [2.75, 3.05) is 0 Å². The normalized spacial score (nSPS) is 20.3. The maximum absolute atomic E-state index is 12.7. The molecule has 2 nitrogen and oxygen atoms in total. The van der Waals surface area contributed by atoms with Crippen molar-refractivity contribution in [2.45, 2.75) is 37.8 Å². The van der Waals surface area contributed by atoms with E-state index in [1.165, 1.54) is 12.1 Å². The van der Waals surface area contributed by atoms with Gasteiger partial charge in [0.1, 0.15) is 11.9 Å². The number of halogens is 6. The standard InChI is InChI=1S/C13H13F6NO/c1-6-4-8-5-7(2-3-9(8)21-6)10(20)11(12(14,15)16)13(17,18)19/h2-3,5-6,10-11H,4,20H2,1H3. The van der Waals surface area contributed by atoms with Gasteiger partial charge in [-0.15, -0.1) is 0 Å². The molecule has 0 aromatic heterocycles. The van der Waals surface area contributed by atoms with Crippen LogP contribution in [0.5, 0.6) is 5.75 Å². The SMILES string of the molecule is CC1Cc2cc(C(N)C(C(F)(F)F)C(F)(F)F)ccc2O1. The smallest absolute Gasteiger partial charge is 0.402 e. The largest absolute Gasteiger partial charge is 0.490 e. The summed E-state index contributed by atoms with van der Waals surface area (Å²) in [6.45, 7) is 1.76. The second-order valence-electron chi connectivity index (χ2n) is 5.09. The lowest BCUT2D eigenvalue weighted by Gasteiger charge is -2.28. The quantitative estimate of drug-likeness (QED) is 0.844. The van der Waals surface area contributed by atoms with Crippen molar-refractivity contribution in [2.24, 2.45) is 11.7 Å². The minimum Gasteiger partial charge on any atom is -0.490 e. The van der Waals surface area contributed by atoms with Gasteiger partial charge in [0, 0.05) is 6.42 Å². The van der Waals surface area contributed by atoms with E-state index in [4.69, 9.17) is 10.5 Å². The van der Waals surface area contributed by atoms with Crippen LogP contribution in [0.1, 0.15) is 24.1 Å². The Hall–Kier alpha value is -1.44. The number of fused-ring (bicyclic) bond motifs is 1. The van der Waals surface area contributed by atoms with E-state index in [0.717, 1.165) is 6.07 Å². The zero-order valence-electron chi connectivity index (χ0n) is 10.9. The first kappa shape index (κ1) is 15.9. The van der Waals surface area contributed by atoms with E-state index in [1.54, 1.807) is 6.92 Å². The highest BCUT2D eigenvalue weighted by Crippen LogP contribution is 2.46. The molecule has 0 bridgehead atoms. The molecule has 2 rings (SSSR count). The van der Waals surface area contributed by atoms with Crippen LogP contribution >= 0.6 is 0 Å². The van der Waals surface area contributed by atoms with E-state index < -0.39 is 24.3 Å². The van der Waals surface area contributed by atoms with Gasteiger partial charge in [0.2, 0.25) is 0 Å². The summed E-state index contributed by atoms with van der Waals surface area (Å²) in [7, 11) is 0. The lowest BCUT2D eigenvalue weighted by Crippen LogP contribution is -2.44. The van der Waals surface area contributed by atoms with Crippen LogP contribution in [-0.4, -0.2) is 18.5 Å². The van der Waals surface area contributed by atoms with Crippen molar-refractivity contribution >= 4 is 0 Å². The number of hydrogen-bond acceptors (Lipinski definition) is 2. The van der Waals surface area contributed by atoms with E-state index in [1.807, 2.05) is 0 Å². The molecule has 8 heteroatoms. The fraction of sp³-hybridized carbons (Fsp3) is 0.538. The maximum Gasteiger partial charge on any atom is 0.402 e. The Balaban J connectivity index is 2.34.